The van der Waals surface area contributed by atoms with Crippen molar-refractivity contribution in [1.82, 2.24) is 20.1 Å². The van der Waals surface area contributed by atoms with Crippen LogP contribution in [0.4, 0.5) is 10.7 Å². The Balaban J connectivity index is 1.34. The van der Waals surface area contributed by atoms with Gasteiger partial charge in [-0.05, 0) is 30.7 Å². The Bertz CT molecular complexity index is 683. The van der Waals surface area contributed by atoms with Crippen LogP contribution >= 0.6 is 0 Å². The molecule has 4 rings (SSSR count). The lowest BCUT2D eigenvalue weighted by Gasteiger charge is -2.14. The molecule has 22 heavy (non-hydrogen) atoms. The van der Waals surface area contributed by atoms with Gasteiger partial charge in [-0.15, -0.1) is 5.10 Å². The Hall–Kier alpha value is -2.37. The van der Waals surface area contributed by atoms with Gasteiger partial charge in [0.15, 0.2) is 0 Å². The van der Waals surface area contributed by atoms with E-state index in [0.29, 0.717) is 18.4 Å². The molecule has 2 aliphatic rings. The second-order valence-corrected chi connectivity index (χ2v) is 6.28. The van der Waals surface area contributed by atoms with E-state index in [1.165, 1.54) is 12.8 Å². The van der Waals surface area contributed by atoms with Crippen molar-refractivity contribution in [2.45, 2.75) is 37.8 Å². The summed E-state index contributed by atoms with van der Waals surface area (Å²) in [7, 11) is 0. The lowest BCUT2D eigenvalue weighted by Crippen LogP contribution is -2.40. The van der Waals surface area contributed by atoms with Gasteiger partial charge in [-0.25, -0.2) is 14.5 Å². The molecule has 0 unspecified atom stereocenters. The Morgan fingerprint density at radius 3 is 2.95 bits per heavy atom. The smallest absolute Gasteiger partial charge is 0.322 e. The quantitative estimate of drug-likeness (QED) is 0.910. The second kappa shape index (κ2) is 5.12. The van der Waals surface area contributed by atoms with Crippen LogP contribution in [0.15, 0.2) is 36.7 Å². The molecule has 1 heterocycles. The van der Waals surface area contributed by atoms with E-state index in [2.05, 4.69) is 20.7 Å². The highest BCUT2D eigenvalue weighted by molar-refractivity contribution is 5.88. The number of nitrogens with one attached hydrogen (secondary N) is 2. The molecule has 2 aliphatic carbocycles. The summed E-state index contributed by atoms with van der Waals surface area (Å²) in [4.78, 5) is 16.2. The van der Waals surface area contributed by atoms with Crippen molar-refractivity contribution >= 4 is 12.0 Å². The molecule has 2 N–H and O–H groups in total. The van der Waals surface area contributed by atoms with Crippen LogP contribution in [0.5, 0.6) is 0 Å². The zero-order valence-electron chi connectivity index (χ0n) is 12.3. The molecule has 2 fully saturated rings. The van der Waals surface area contributed by atoms with E-state index >= 15 is 0 Å². The highest BCUT2D eigenvalue weighted by Gasteiger charge is 2.57. The number of benzene rings is 1. The maximum atomic E-state index is 12.1. The summed E-state index contributed by atoms with van der Waals surface area (Å²) in [6.07, 6.45) is 6.31. The van der Waals surface area contributed by atoms with Gasteiger partial charge in [0.2, 0.25) is 5.95 Å². The van der Waals surface area contributed by atoms with Crippen LogP contribution in [0.1, 0.15) is 31.2 Å². The summed E-state index contributed by atoms with van der Waals surface area (Å²) in [6.45, 7) is 0.642. The van der Waals surface area contributed by atoms with E-state index in [1.807, 2.05) is 30.3 Å². The van der Waals surface area contributed by atoms with Crippen LogP contribution in [-0.2, 0) is 6.54 Å². The molecule has 114 valence electrons. The summed E-state index contributed by atoms with van der Waals surface area (Å²) in [5.74, 6) is 1.03. The minimum atomic E-state index is -0.193. The fourth-order valence-corrected chi connectivity index (χ4v) is 3.50. The summed E-state index contributed by atoms with van der Waals surface area (Å²) >= 11 is 0. The van der Waals surface area contributed by atoms with Gasteiger partial charge < -0.3 is 5.32 Å². The molecule has 2 atom stereocenters. The van der Waals surface area contributed by atoms with E-state index in [4.69, 9.17) is 0 Å². The van der Waals surface area contributed by atoms with Crippen molar-refractivity contribution in [1.29, 1.82) is 0 Å². The molecule has 6 nitrogen and oxygen atoms in total. The predicted molar refractivity (Wildman–Crippen MR) is 82.4 cm³/mol. The average Bonchev–Trinajstić information content (AvgIpc) is 2.84. The van der Waals surface area contributed by atoms with Gasteiger partial charge in [-0.1, -0.05) is 36.8 Å². The number of urea groups is 1. The Morgan fingerprint density at radius 2 is 2.23 bits per heavy atom. The first kappa shape index (κ1) is 13.3. The standard InChI is InChI=1S/C16H19N5O/c22-15(19-16-8-4-7-13(16)9-16)18-14-17-11-21(20-14)10-12-5-2-1-3-6-12/h1-3,5-6,11,13H,4,7-10H2,(H2,18,19,20,22)/t13-,16-/m1/s1. The highest BCUT2D eigenvalue weighted by atomic mass is 16.2. The van der Waals surface area contributed by atoms with Crippen LogP contribution in [0.25, 0.3) is 0 Å². The second-order valence-electron chi connectivity index (χ2n) is 6.28. The minimum absolute atomic E-state index is 0.0662. The molecule has 0 saturated heterocycles. The Morgan fingerprint density at radius 1 is 1.36 bits per heavy atom. The van der Waals surface area contributed by atoms with E-state index in [0.717, 1.165) is 18.4 Å². The number of fused-ring (bicyclic) bond motifs is 1. The van der Waals surface area contributed by atoms with Gasteiger partial charge in [0.05, 0.1) is 6.54 Å². The lowest BCUT2D eigenvalue weighted by atomic mass is 10.2. The third-order valence-electron chi connectivity index (χ3n) is 4.72. The third-order valence-corrected chi connectivity index (χ3v) is 4.72. The van der Waals surface area contributed by atoms with Crippen LogP contribution < -0.4 is 10.6 Å². The molecule has 6 heteroatoms. The maximum Gasteiger partial charge on any atom is 0.322 e. The predicted octanol–water partition coefficient (Wildman–Crippen LogP) is 2.39. The summed E-state index contributed by atoms with van der Waals surface area (Å²) < 4.78 is 1.72. The van der Waals surface area contributed by atoms with Crippen molar-refractivity contribution in [2.75, 3.05) is 5.32 Å². The van der Waals surface area contributed by atoms with Gasteiger partial charge in [0, 0.05) is 5.54 Å². The number of hydrogen-bond donors (Lipinski definition) is 2. The number of carbonyl (C=O) groups excluding carboxylic acids is 1. The molecule has 2 aromatic rings. The topological polar surface area (TPSA) is 71.8 Å². The van der Waals surface area contributed by atoms with Crippen molar-refractivity contribution in [3.8, 4) is 0 Å². The Kier molecular flexibility index (Phi) is 3.10. The molecular weight excluding hydrogens is 278 g/mol. The molecule has 0 spiro atoms. The van der Waals surface area contributed by atoms with Gasteiger partial charge in [-0.3, -0.25) is 5.32 Å². The Labute approximate surface area is 128 Å². The fourth-order valence-electron chi connectivity index (χ4n) is 3.50. The monoisotopic (exact) mass is 297 g/mol. The lowest BCUT2D eigenvalue weighted by molar-refractivity contribution is 0.246. The summed E-state index contributed by atoms with van der Waals surface area (Å²) in [6, 6.07) is 9.84. The van der Waals surface area contributed by atoms with Gasteiger partial charge in [0.25, 0.3) is 0 Å². The molecule has 0 bridgehead atoms. The first-order valence-electron chi connectivity index (χ1n) is 7.76. The van der Waals surface area contributed by atoms with E-state index < -0.39 is 0 Å². The zero-order valence-corrected chi connectivity index (χ0v) is 12.3. The van der Waals surface area contributed by atoms with Crippen molar-refractivity contribution in [3.63, 3.8) is 0 Å². The van der Waals surface area contributed by atoms with Gasteiger partial charge in [-0.2, -0.15) is 0 Å². The number of aromatic nitrogens is 3. The van der Waals surface area contributed by atoms with Crippen LogP contribution in [0, 0.1) is 5.92 Å². The van der Waals surface area contributed by atoms with Crippen molar-refractivity contribution in [2.24, 2.45) is 5.92 Å². The fraction of sp³-hybridized carbons (Fsp3) is 0.438. The largest absolute Gasteiger partial charge is 0.332 e. The van der Waals surface area contributed by atoms with Crippen LogP contribution in [-0.4, -0.2) is 26.3 Å². The van der Waals surface area contributed by atoms with E-state index in [1.54, 1.807) is 11.0 Å². The minimum Gasteiger partial charge on any atom is -0.332 e. The molecule has 2 saturated carbocycles. The van der Waals surface area contributed by atoms with Crippen LogP contribution in [0.3, 0.4) is 0 Å². The SMILES string of the molecule is O=C(Nc1ncn(Cc2ccccc2)n1)N[C@@]12CCC[C@@H]1C2. The molecule has 1 aromatic heterocycles. The molecule has 0 aliphatic heterocycles. The first-order valence-corrected chi connectivity index (χ1v) is 7.76. The van der Waals surface area contributed by atoms with Crippen LogP contribution in [0.2, 0.25) is 0 Å². The van der Waals surface area contributed by atoms with Crippen molar-refractivity contribution < 1.29 is 4.79 Å². The number of nitrogens with zero attached hydrogens (tertiary/aromatic N) is 3. The zero-order chi connectivity index (χ0) is 15.0. The molecule has 2 amide bonds. The molecular formula is C16H19N5O. The van der Waals surface area contributed by atoms with Gasteiger partial charge in [0.1, 0.15) is 6.33 Å². The number of anilines is 1. The number of hydrogen-bond acceptors (Lipinski definition) is 3. The summed E-state index contributed by atoms with van der Waals surface area (Å²) in [5, 5.41) is 10.1. The summed E-state index contributed by atoms with van der Waals surface area (Å²) in [5.41, 5.74) is 1.21. The molecule has 1 aromatic carbocycles. The highest BCUT2D eigenvalue weighted by Crippen LogP contribution is 2.55. The normalized spacial score (nSPS) is 25.5. The van der Waals surface area contributed by atoms with E-state index in [-0.39, 0.29) is 11.6 Å². The third kappa shape index (κ3) is 2.56. The van der Waals surface area contributed by atoms with Crippen molar-refractivity contribution in [3.05, 3.63) is 42.2 Å². The maximum absolute atomic E-state index is 12.1. The number of carbonyl (C=O) groups is 1. The first-order chi connectivity index (χ1) is 10.7. The average molecular weight is 297 g/mol. The number of amides is 2. The number of rotatable bonds is 4. The van der Waals surface area contributed by atoms with E-state index in [9.17, 15) is 4.79 Å². The van der Waals surface area contributed by atoms with Gasteiger partial charge >= 0.3 is 6.03 Å². The molecule has 0 radical (unpaired) electrons.